The number of hydrogen-bond donors (Lipinski definition) is 4. The summed E-state index contributed by atoms with van der Waals surface area (Å²) >= 11 is 0. The first-order valence-corrected chi connectivity index (χ1v) is 13.4. The van der Waals surface area contributed by atoms with Gasteiger partial charge in [-0.05, 0) is 36.8 Å². The first-order valence-electron chi connectivity index (χ1n) is 13.4. The van der Waals surface area contributed by atoms with Gasteiger partial charge in [0, 0.05) is 12.5 Å². The number of amides is 4. The Balaban J connectivity index is 2.18. The Morgan fingerprint density at radius 1 is 0.875 bits per heavy atom. The number of carbonyl (C=O) groups is 4. The van der Waals surface area contributed by atoms with Gasteiger partial charge in [0.25, 0.3) is 0 Å². The fraction of sp³-hybridized carbons (Fsp3) is 0.355. The Kier molecular flexibility index (Phi) is 13.7. The van der Waals surface area contributed by atoms with Crippen molar-refractivity contribution in [2.45, 2.75) is 64.8 Å². The highest BCUT2D eigenvalue weighted by Crippen LogP contribution is 2.09. The lowest BCUT2D eigenvalue weighted by atomic mass is 10.0. The van der Waals surface area contributed by atoms with Gasteiger partial charge in [-0.25, -0.2) is 4.79 Å². The second-order valence-corrected chi connectivity index (χ2v) is 9.79. The molecule has 0 aliphatic rings. The highest BCUT2D eigenvalue weighted by Gasteiger charge is 2.27. The summed E-state index contributed by atoms with van der Waals surface area (Å²) in [5, 5.41) is 8.26. The van der Waals surface area contributed by atoms with E-state index in [0.717, 1.165) is 11.1 Å². The Morgan fingerprint density at radius 3 is 2.12 bits per heavy atom. The van der Waals surface area contributed by atoms with Gasteiger partial charge in [-0.3, -0.25) is 14.4 Å². The predicted octanol–water partition coefficient (Wildman–Crippen LogP) is 3.85. The van der Waals surface area contributed by atoms with E-state index < -0.39 is 41.9 Å². The van der Waals surface area contributed by atoms with Crippen LogP contribution in [0.1, 0.15) is 51.2 Å². The van der Waals surface area contributed by atoms with Crippen LogP contribution in [0.5, 0.6) is 0 Å². The molecule has 0 aliphatic carbocycles. The number of primary amides is 1. The molecule has 4 amide bonds. The van der Waals surface area contributed by atoms with Crippen LogP contribution in [0.25, 0.3) is 6.08 Å². The minimum atomic E-state index is -1.05. The molecular formula is C31H40N4O5. The van der Waals surface area contributed by atoms with E-state index in [9.17, 15) is 19.2 Å². The number of hydrogen-bond acceptors (Lipinski definition) is 5. The highest BCUT2D eigenvalue weighted by molar-refractivity contribution is 5.93. The molecule has 214 valence electrons. The zero-order chi connectivity index (χ0) is 29.3. The largest absolute Gasteiger partial charge is 0.445 e. The van der Waals surface area contributed by atoms with Gasteiger partial charge in [0.05, 0.1) is 0 Å². The molecule has 9 nitrogen and oxygen atoms in total. The Hall–Kier alpha value is -4.40. The summed E-state index contributed by atoms with van der Waals surface area (Å²) in [5.74, 6) is -1.39. The monoisotopic (exact) mass is 548 g/mol. The van der Waals surface area contributed by atoms with E-state index in [-0.39, 0.29) is 18.9 Å². The summed E-state index contributed by atoms with van der Waals surface area (Å²) in [6, 6.07) is 16.1. The van der Waals surface area contributed by atoms with Crippen molar-refractivity contribution in [3.8, 4) is 0 Å². The molecular weight excluding hydrogens is 508 g/mol. The molecule has 0 bridgehead atoms. The topological polar surface area (TPSA) is 140 Å². The van der Waals surface area contributed by atoms with Crippen LogP contribution in [0.4, 0.5) is 4.79 Å². The molecule has 2 aromatic rings. The van der Waals surface area contributed by atoms with E-state index in [2.05, 4.69) is 16.0 Å². The zero-order valence-corrected chi connectivity index (χ0v) is 23.3. The first kappa shape index (κ1) is 31.8. The smallest absolute Gasteiger partial charge is 0.408 e. The molecule has 3 atom stereocenters. The Labute approximate surface area is 236 Å². The minimum Gasteiger partial charge on any atom is -0.445 e. The minimum absolute atomic E-state index is 0.0607. The van der Waals surface area contributed by atoms with Gasteiger partial charge < -0.3 is 26.4 Å². The van der Waals surface area contributed by atoms with Crippen LogP contribution in [0.2, 0.25) is 0 Å². The van der Waals surface area contributed by atoms with E-state index in [4.69, 9.17) is 10.5 Å². The molecule has 9 heteroatoms. The van der Waals surface area contributed by atoms with E-state index in [1.807, 2.05) is 74.5 Å². The number of allylic oxidation sites excluding steroid dienone is 1. The highest BCUT2D eigenvalue weighted by atomic mass is 16.5. The number of carbonyl (C=O) groups excluding carboxylic acids is 4. The molecule has 5 N–H and O–H groups in total. The summed E-state index contributed by atoms with van der Waals surface area (Å²) in [6.07, 6.45) is 6.86. The molecule has 0 spiro atoms. The van der Waals surface area contributed by atoms with Gasteiger partial charge in [0.15, 0.2) is 0 Å². The number of ether oxygens (including phenoxy) is 1. The van der Waals surface area contributed by atoms with E-state index >= 15 is 0 Å². The molecule has 1 unspecified atom stereocenters. The van der Waals surface area contributed by atoms with Crippen molar-refractivity contribution in [2.24, 2.45) is 11.7 Å². The van der Waals surface area contributed by atoms with Crippen LogP contribution in [0.3, 0.4) is 0 Å². The summed E-state index contributed by atoms with van der Waals surface area (Å²) in [4.78, 5) is 50.5. The van der Waals surface area contributed by atoms with Crippen molar-refractivity contribution in [3.05, 3.63) is 90.0 Å². The Morgan fingerprint density at radius 2 is 1.52 bits per heavy atom. The number of rotatable bonds is 15. The molecule has 0 aliphatic heterocycles. The van der Waals surface area contributed by atoms with Crippen LogP contribution in [-0.2, 0) is 25.7 Å². The molecule has 0 saturated carbocycles. The van der Waals surface area contributed by atoms with E-state index in [1.165, 1.54) is 0 Å². The van der Waals surface area contributed by atoms with Crippen molar-refractivity contribution in [2.75, 3.05) is 0 Å². The Bertz CT molecular complexity index is 1150. The second kappa shape index (κ2) is 17.2. The van der Waals surface area contributed by atoms with Gasteiger partial charge in [-0.15, -0.1) is 0 Å². The maximum Gasteiger partial charge on any atom is 0.408 e. The zero-order valence-electron chi connectivity index (χ0n) is 23.3. The fourth-order valence-electron chi connectivity index (χ4n) is 3.86. The molecule has 0 aromatic heterocycles. The molecule has 0 saturated heterocycles. The lowest BCUT2D eigenvalue weighted by Crippen LogP contribution is -2.54. The van der Waals surface area contributed by atoms with Crippen LogP contribution in [0.15, 0.2) is 78.9 Å². The molecule has 0 fully saturated rings. The van der Waals surface area contributed by atoms with E-state index in [1.54, 1.807) is 31.2 Å². The van der Waals surface area contributed by atoms with Crippen molar-refractivity contribution in [1.29, 1.82) is 0 Å². The number of benzene rings is 2. The third-order valence-corrected chi connectivity index (χ3v) is 5.84. The molecule has 2 rings (SSSR count). The lowest BCUT2D eigenvalue weighted by molar-refractivity contribution is -0.129. The SMILES string of the molecule is C/C=C/[C@H](CCC(N)=O)NC(=O)C(/C=C/c1ccccc1)NC(=O)[C@H](CC(C)C)NC(=O)OCc1ccccc1. The summed E-state index contributed by atoms with van der Waals surface area (Å²) in [7, 11) is 0. The molecule has 40 heavy (non-hydrogen) atoms. The predicted molar refractivity (Wildman–Crippen MR) is 156 cm³/mol. The van der Waals surface area contributed by atoms with Crippen molar-refractivity contribution in [3.63, 3.8) is 0 Å². The number of nitrogens with one attached hydrogen (secondary N) is 3. The first-order chi connectivity index (χ1) is 19.2. The molecule has 2 aromatic carbocycles. The van der Waals surface area contributed by atoms with Gasteiger partial charge in [-0.2, -0.15) is 0 Å². The maximum absolute atomic E-state index is 13.4. The molecule has 0 radical (unpaired) electrons. The van der Waals surface area contributed by atoms with E-state index in [0.29, 0.717) is 12.8 Å². The van der Waals surface area contributed by atoms with Crippen molar-refractivity contribution < 1.29 is 23.9 Å². The maximum atomic E-state index is 13.4. The number of nitrogens with two attached hydrogens (primary N) is 1. The average Bonchev–Trinajstić information content (AvgIpc) is 2.93. The number of alkyl carbamates (subject to hydrolysis) is 1. The quantitative estimate of drug-likeness (QED) is 0.250. The molecule has 0 heterocycles. The van der Waals surface area contributed by atoms with Gasteiger partial charge >= 0.3 is 6.09 Å². The second-order valence-electron chi connectivity index (χ2n) is 9.79. The van der Waals surface area contributed by atoms with Crippen LogP contribution >= 0.6 is 0 Å². The van der Waals surface area contributed by atoms with Crippen LogP contribution in [-0.4, -0.2) is 41.9 Å². The standard InChI is InChI=1S/C31H40N4O5/c1-4-11-25(17-19-28(32)36)33-29(37)26(18-16-23-12-7-5-8-13-23)34-30(38)27(20-22(2)3)35-31(39)40-21-24-14-9-6-10-15-24/h4-16,18,22,25-27H,17,19-21H2,1-3H3,(H2,32,36)(H,33,37)(H,34,38)(H,35,39)/b11-4+,18-16+/t25-,26?,27+/m1/s1. The summed E-state index contributed by atoms with van der Waals surface area (Å²) in [6.45, 7) is 5.72. The van der Waals surface area contributed by atoms with Crippen LogP contribution in [0, 0.1) is 5.92 Å². The third kappa shape index (κ3) is 12.4. The third-order valence-electron chi connectivity index (χ3n) is 5.84. The van der Waals surface area contributed by atoms with Gasteiger partial charge in [0.2, 0.25) is 17.7 Å². The normalized spacial score (nSPS) is 13.5. The fourth-order valence-corrected chi connectivity index (χ4v) is 3.86. The summed E-state index contributed by atoms with van der Waals surface area (Å²) < 4.78 is 5.31. The van der Waals surface area contributed by atoms with Gasteiger partial charge in [-0.1, -0.05) is 98.8 Å². The summed E-state index contributed by atoms with van der Waals surface area (Å²) in [5.41, 5.74) is 6.94. The van der Waals surface area contributed by atoms with Crippen molar-refractivity contribution in [1.82, 2.24) is 16.0 Å². The van der Waals surface area contributed by atoms with Gasteiger partial charge in [0.1, 0.15) is 18.7 Å². The van der Waals surface area contributed by atoms with Crippen LogP contribution < -0.4 is 21.7 Å². The van der Waals surface area contributed by atoms with Crippen molar-refractivity contribution >= 4 is 29.9 Å². The average molecular weight is 549 g/mol. The lowest BCUT2D eigenvalue weighted by Gasteiger charge is -2.24.